The van der Waals surface area contributed by atoms with Crippen LogP contribution in [0.4, 0.5) is 10.1 Å². The number of carbonyl (C=O) groups is 2. The van der Waals surface area contributed by atoms with Gasteiger partial charge in [-0.05, 0) is 25.0 Å². The lowest BCUT2D eigenvalue weighted by Gasteiger charge is -2.45. The van der Waals surface area contributed by atoms with Gasteiger partial charge >= 0.3 is 0 Å². The molecule has 2 aliphatic rings. The Bertz CT molecular complexity index is 865. The van der Waals surface area contributed by atoms with Gasteiger partial charge in [0, 0.05) is 32.0 Å². The Labute approximate surface area is 158 Å². The Morgan fingerprint density at radius 2 is 2.04 bits per heavy atom. The molecule has 0 aliphatic carbocycles. The average Bonchev–Trinajstić information content (AvgIpc) is 2.63. The van der Waals surface area contributed by atoms with Crippen LogP contribution in [-0.2, 0) is 19.3 Å². The molecular formula is C18H24FN3O4S. The van der Waals surface area contributed by atoms with Crippen LogP contribution in [0.2, 0.25) is 0 Å². The number of morpholine rings is 1. The van der Waals surface area contributed by atoms with Crippen molar-refractivity contribution in [2.75, 3.05) is 43.6 Å². The maximum Gasteiger partial charge on any atom is 0.256 e. The number of para-hydroxylation sites is 1. The van der Waals surface area contributed by atoms with Crippen LogP contribution < -0.4 is 5.32 Å². The molecule has 2 amide bonds. The van der Waals surface area contributed by atoms with Crippen LogP contribution in [-0.4, -0.2) is 64.8 Å². The van der Waals surface area contributed by atoms with Crippen molar-refractivity contribution in [1.29, 1.82) is 0 Å². The van der Waals surface area contributed by atoms with Gasteiger partial charge in [-0.25, -0.2) is 8.60 Å². The predicted octanol–water partition coefficient (Wildman–Crippen LogP) is 1.89. The molecular weight excluding hydrogens is 373 g/mol. The minimum atomic E-state index is -2.54. The lowest BCUT2D eigenvalue weighted by atomic mass is 9.94. The van der Waals surface area contributed by atoms with E-state index in [0.717, 1.165) is 0 Å². The highest BCUT2D eigenvalue weighted by Gasteiger charge is 2.42. The molecule has 27 heavy (non-hydrogen) atoms. The summed E-state index contributed by atoms with van der Waals surface area (Å²) in [7, 11) is -0.963. The summed E-state index contributed by atoms with van der Waals surface area (Å²) in [5.41, 5.74) is -0.135. The van der Waals surface area contributed by atoms with Crippen molar-refractivity contribution in [2.45, 2.75) is 25.4 Å². The summed E-state index contributed by atoms with van der Waals surface area (Å²) in [6.45, 7) is 2.42. The standard InChI is InChI=1S/C18H24FN3O4S/c1-13(23)21-27(25)10-6-18(7-11-27)12-22(8-9-26-18)17(24)14-4-3-5-15(19)16(14)20-2/h3-5,20H,6-12H2,1-2H3. The predicted molar refractivity (Wildman–Crippen MR) is 101 cm³/mol. The topological polar surface area (TPSA) is 88.1 Å². The molecule has 0 aromatic heterocycles. The quantitative estimate of drug-likeness (QED) is 0.823. The zero-order chi connectivity index (χ0) is 19.7. The molecule has 1 N–H and O–H groups in total. The molecule has 1 aromatic rings. The number of hydrogen-bond donors (Lipinski definition) is 1. The molecule has 0 unspecified atom stereocenters. The van der Waals surface area contributed by atoms with Crippen molar-refractivity contribution < 1.29 is 22.9 Å². The minimum Gasteiger partial charge on any atom is -0.385 e. The summed E-state index contributed by atoms with van der Waals surface area (Å²) in [6, 6.07) is 4.41. The first-order chi connectivity index (χ1) is 12.8. The number of benzene rings is 1. The summed E-state index contributed by atoms with van der Waals surface area (Å²) in [6.07, 6.45) is 0.933. The SMILES string of the molecule is CNc1c(F)cccc1C(=O)N1CCOC2(CCS(=O)(=NC(C)=O)CC2)C1. The number of rotatable bonds is 2. The van der Waals surface area contributed by atoms with E-state index in [1.165, 1.54) is 19.1 Å². The Kier molecular flexibility index (Phi) is 5.53. The van der Waals surface area contributed by atoms with Crippen molar-refractivity contribution in [3.05, 3.63) is 29.6 Å². The van der Waals surface area contributed by atoms with Gasteiger partial charge < -0.3 is 15.0 Å². The van der Waals surface area contributed by atoms with Crippen LogP contribution in [0.25, 0.3) is 0 Å². The first kappa shape index (κ1) is 19.8. The van der Waals surface area contributed by atoms with E-state index in [1.807, 2.05) is 0 Å². The lowest BCUT2D eigenvalue weighted by Crippen LogP contribution is -2.56. The number of amides is 2. The molecule has 2 fully saturated rings. The highest BCUT2D eigenvalue weighted by molar-refractivity contribution is 7.93. The van der Waals surface area contributed by atoms with Gasteiger partial charge in [-0.1, -0.05) is 6.07 Å². The molecule has 7 nitrogen and oxygen atoms in total. The monoisotopic (exact) mass is 397 g/mol. The molecule has 3 rings (SSSR count). The van der Waals surface area contributed by atoms with E-state index in [4.69, 9.17) is 4.74 Å². The lowest BCUT2D eigenvalue weighted by molar-refractivity contribution is -0.115. The Balaban J connectivity index is 1.78. The van der Waals surface area contributed by atoms with E-state index >= 15 is 0 Å². The first-order valence-corrected chi connectivity index (χ1v) is 10.8. The molecule has 0 saturated carbocycles. The van der Waals surface area contributed by atoms with E-state index < -0.39 is 27.1 Å². The number of halogens is 1. The van der Waals surface area contributed by atoms with Gasteiger partial charge in [-0.15, -0.1) is 0 Å². The van der Waals surface area contributed by atoms with E-state index in [1.54, 1.807) is 18.0 Å². The van der Waals surface area contributed by atoms with Gasteiger partial charge in [-0.2, -0.15) is 4.36 Å². The smallest absolute Gasteiger partial charge is 0.256 e. The Hall–Kier alpha value is -2.00. The maximum absolute atomic E-state index is 14.0. The van der Waals surface area contributed by atoms with Crippen LogP contribution in [0, 0.1) is 5.82 Å². The van der Waals surface area contributed by atoms with E-state index in [0.29, 0.717) is 32.5 Å². The van der Waals surface area contributed by atoms with Gasteiger partial charge in [-0.3, -0.25) is 9.59 Å². The number of nitrogens with one attached hydrogen (secondary N) is 1. The summed E-state index contributed by atoms with van der Waals surface area (Å²) >= 11 is 0. The van der Waals surface area contributed by atoms with E-state index in [2.05, 4.69) is 9.68 Å². The van der Waals surface area contributed by atoms with Crippen molar-refractivity contribution in [2.24, 2.45) is 4.36 Å². The number of anilines is 1. The zero-order valence-corrected chi connectivity index (χ0v) is 16.3. The third-order valence-electron chi connectivity index (χ3n) is 5.08. The fourth-order valence-electron chi connectivity index (χ4n) is 3.69. The van der Waals surface area contributed by atoms with Gasteiger partial charge in [0.2, 0.25) is 0 Å². The van der Waals surface area contributed by atoms with Gasteiger partial charge in [0.15, 0.2) is 0 Å². The number of hydrogen-bond acceptors (Lipinski definition) is 5. The third-order valence-corrected chi connectivity index (χ3v) is 7.35. The van der Waals surface area contributed by atoms with Crippen LogP contribution in [0.5, 0.6) is 0 Å². The summed E-state index contributed by atoms with van der Waals surface area (Å²) in [4.78, 5) is 25.8. The molecule has 2 aliphatic heterocycles. The zero-order valence-electron chi connectivity index (χ0n) is 15.5. The van der Waals surface area contributed by atoms with Crippen LogP contribution in [0.3, 0.4) is 0 Å². The maximum atomic E-state index is 14.0. The molecule has 0 atom stereocenters. The van der Waals surface area contributed by atoms with Crippen molar-refractivity contribution in [3.63, 3.8) is 0 Å². The van der Waals surface area contributed by atoms with Crippen molar-refractivity contribution >= 4 is 27.2 Å². The summed E-state index contributed by atoms with van der Waals surface area (Å²) < 4.78 is 36.4. The average molecular weight is 397 g/mol. The summed E-state index contributed by atoms with van der Waals surface area (Å²) in [5, 5.41) is 2.75. The number of carbonyl (C=O) groups excluding carboxylic acids is 2. The Morgan fingerprint density at radius 1 is 1.33 bits per heavy atom. The molecule has 0 radical (unpaired) electrons. The van der Waals surface area contributed by atoms with E-state index in [9.17, 15) is 18.2 Å². The molecule has 2 saturated heterocycles. The first-order valence-electron chi connectivity index (χ1n) is 8.90. The fraction of sp³-hybridized carbons (Fsp3) is 0.556. The Morgan fingerprint density at radius 3 is 2.67 bits per heavy atom. The van der Waals surface area contributed by atoms with Crippen LogP contribution >= 0.6 is 0 Å². The molecule has 9 heteroatoms. The molecule has 148 valence electrons. The molecule has 1 aromatic carbocycles. The van der Waals surface area contributed by atoms with Gasteiger partial charge in [0.05, 0.1) is 39.7 Å². The second kappa shape index (κ2) is 7.55. The number of nitrogens with zero attached hydrogens (tertiary/aromatic N) is 2. The normalized spacial score (nSPS) is 28.0. The van der Waals surface area contributed by atoms with Gasteiger partial charge in [0.25, 0.3) is 11.8 Å². The van der Waals surface area contributed by atoms with Crippen LogP contribution in [0.15, 0.2) is 22.6 Å². The fourth-order valence-corrected chi connectivity index (χ4v) is 5.93. The van der Waals surface area contributed by atoms with Crippen molar-refractivity contribution in [3.8, 4) is 0 Å². The van der Waals surface area contributed by atoms with Crippen LogP contribution in [0.1, 0.15) is 30.1 Å². The third kappa shape index (κ3) is 4.14. The van der Waals surface area contributed by atoms with Gasteiger partial charge in [0.1, 0.15) is 5.82 Å². The number of ether oxygens (including phenoxy) is 1. The highest BCUT2D eigenvalue weighted by atomic mass is 32.2. The van der Waals surface area contributed by atoms with Crippen molar-refractivity contribution in [1.82, 2.24) is 4.90 Å². The second-order valence-electron chi connectivity index (χ2n) is 6.96. The largest absolute Gasteiger partial charge is 0.385 e. The summed E-state index contributed by atoms with van der Waals surface area (Å²) in [5.74, 6) is -0.619. The second-order valence-corrected chi connectivity index (χ2v) is 9.51. The molecule has 0 bridgehead atoms. The minimum absolute atomic E-state index is 0.176. The molecule has 2 heterocycles. The molecule has 1 spiro atoms. The highest BCUT2D eigenvalue weighted by Crippen LogP contribution is 2.33. The van der Waals surface area contributed by atoms with E-state index in [-0.39, 0.29) is 28.7 Å².